The van der Waals surface area contributed by atoms with Crippen LogP contribution in [0, 0.1) is 6.92 Å². The van der Waals surface area contributed by atoms with Gasteiger partial charge in [0.15, 0.2) is 11.5 Å². The van der Waals surface area contributed by atoms with Gasteiger partial charge in [-0.15, -0.1) is 0 Å². The average molecular weight is 426 g/mol. The largest absolute Gasteiger partial charge is 0.482 e. The highest BCUT2D eigenvalue weighted by Gasteiger charge is 2.40. The molecule has 0 fully saturated rings. The molecule has 0 spiro atoms. The number of carbonyl (C=O) groups is 2. The quantitative estimate of drug-likeness (QED) is 0.573. The average Bonchev–Trinajstić information content (AvgIpc) is 3.04. The fourth-order valence-corrected chi connectivity index (χ4v) is 4.05. The van der Waals surface area contributed by atoms with Crippen LogP contribution in [0.25, 0.3) is 11.0 Å². The van der Waals surface area contributed by atoms with Crippen molar-refractivity contribution in [1.29, 1.82) is 0 Å². The van der Waals surface area contributed by atoms with Crippen molar-refractivity contribution in [3.63, 3.8) is 0 Å². The van der Waals surface area contributed by atoms with Crippen LogP contribution in [-0.2, 0) is 5.60 Å². The molecule has 0 saturated carbocycles. The van der Waals surface area contributed by atoms with Crippen LogP contribution in [0.4, 0.5) is 0 Å². The molecule has 0 unspecified atom stereocenters. The van der Waals surface area contributed by atoms with E-state index in [-0.39, 0.29) is 29.9 Å². The maximum absolute atomic E-state index is 13.3. The topological polar surface area (TPSA) is 68.5 Å². The fourth-order valence-electron chi connectivity index (χ4n) is 3.93. The van der Waals surface area contributed by atoms with Crippen LogP contribution >= 0.6 is 11.6 Å². The number of Topliss-reactive ketones (excluding diaryl/α,β-unsaturated/α-hetero) is 1. The number of hydrogen-bond donors (Lipinski definition) is 1. The maximum atomic E-state index is 13.3. The summed E-state index contributed by atoms with van der Waals surface area (Å²) in [4.78, 5) is 25.9. The molecule has 4 rings (SSSR count). The number of ketones is 1. The molecule has 1 aliphatic rings. The smallest absolute Gasteiger partial charge is 0.287 e. The maximum Gasteiger partial charge on any atom is 0.287 e. The lowest BCUT2D eigenvalue weighted by molar-refractivity contribution is 0.0507. The van der Waals surface area contributed by atoms with E-state index in [2.05, 4.69) is 5.32 Å². The number of furan rings is 1. The van der Waals surface area contributed by atoms with Gasteiger partial charge in [-0.3, -0.25) is 9.59 Å². The van der Waals surface area contributed by atoms with E-state index in [0.717, 1.165) is 12.0 Å². The van der Waals surface area contributed by atoms with E-state index >= 15 is 0 Å². The van der Waals surface area contributed by atoms with Crippen molar-refractivity contribution in [2.45, 2.75) is 52.2 Å². The summed E-state index contributed by atoms with van der Waals surface area (Å²) in [5.74, 6) is 0.408. The van der Waals surface area contributed by atoms with Crippen LogP contribution in [0.1, 0.15) is 65.7 Å². The molecule has 0 bridgehead atoms. The Kier molecular flexibility index (Phi) is 5.10. The van der Waals surface area contributed by atoms with E-state index in [1.165, 1.54) is 0 Å². The van der Waals surface area contributed by atoms with Crippen LogP contribution in [0.2, 0.25) is 5.02 Å². The predicted molar refractivity (Wildman–Crippen MR) is 117 cm³/mol. The number of fused-ring (bicyclic) bond motifs is 3. The van der Waals surface area contributed by atoms with Gasteiger partial charge in [-0.25, -0.2) is 0 Å². The third-order valence-corrected chi connectivity index (χ3v) is 6.07. The van der Waals surface area contributed by atoms with Gasteiger partial charge in [0.25, 0.3) is 5.91 Å². The summed E-state index contributed by atoms with van der Waals surface area (Å²) >= 11 is 6.01. The SMILES string of the molecule is CC[C@H](C)NC(=O)c1oc2ccc3c(c2c1C)C(=O)C[C@@](C)(c1ccc(Cl)cc1)O3. The van der Waals surface area contributed by atoms with Gasteiger partial charge >= 0.3 is 0 Å². The molecular weight excluding hydrogens is 402 g/mol. The van der Waals surface area contributed by atoms with Gasteiger partial charge in [0.05, 0.1) is 12.0 Å². The molecule has 5 nitrogen and oxygen atoms in total. The summed E-state index contributed by atoms with van der Waals surface area (Å²) in [7, 11) is 0. The Balaban J connectivity index is 1.78. The van der Waals surface area contributed by atoms with Gasteiger partial charge < -0.3 is 14.5 Å². The summed E-state index contributed by atoms with van der Waals surface area (Å²) in [6.07, 6.45) is 0.996. The Hall–Kier alpha value is -2.79. The van der Waals surface area contributed by atoms with Gasteiger partial charge in [0.2, 0.25) is 0 Å². The highest BCUT2D eigenvalue weighted by molar-refractivity contribution is 6.30. The monoisotopic (exact) mass is 425 g/mol. The molecule has 1 N–H and O–H groups in total. The number of aryl methyl sites for hydroxylation is 1. The predicted octanol–water partition coefficient (Wildman–Crippen LogP) is 5.80. The molecule has 1 aromatic heterocycles. The first-order chi connectivity index (χ1) is 14.2. The summed E-state index contributed by atoms with van der Waals surface area (Å²) in [5, 5.41) is 4.19. The number of amides is 1. The van der Waals surface area contributed by atoms with Crippen LogP contribution in [0.3, 0.4) is 0 Å². The molecule has 2 atom stereocenters. The highest BCUT2D eigenvalue weighted by atomic mass is 35.5. The standard InChI is InChI=1S/C24H24ClNO4/c1-5-13(2)26-23(28)22-14(3)20-18(29-22)10-11-19-21(20)17(27)12-24(4,30-19)15-6-8-16(25)9-7-15/h6-11,13H,5,12H2,1-4H3,(H,26,28)/t13-,24-/m0/s1. The van der Waals surface area contributed by atoms with Crippen molar-refractivity contribution in [3.05, 3.63) is 63.9 Å². The lowest BCUT2D eigenvalue weighted by Crippen LogP contribution is -2.36. The van der Waals surface area contributed by atoms with Crippen molar-refractivity contribution >= 4 is 34.3 Å². The molecule has 3 aromatic rings. The Bertz CT molecular complexity index is 1150. The second-order valence-electron chi connectivity index (χ2n) is 8.09. The van der Waals surface area contributed by atoms with Crippen LogP contribution in [-0.4, -0.2) is 17.7 Å². The second kappa shape index (κ2) is 7.47. The number of halogens is 1. The first-order valence-electron chi connectivity index (χ1n) is 10.1. The van der Waals surface area contributed by atoms with E-state index in [1.54, 1.807) is 31.2 Å². The molecule has 1 amide bonds. The molecule has 6 heteroatoms. The van der Waals surface area contributed by atoms with Crippen LogP contribution in [0.15, 0.2) is 40.8 Å². The molecule has 0 saturated heterocycles. The first-order valence-corrected chi connectivity index (χ1v) is 10.5. The van der Waals surface area contributed by atoms with Crippen molar-refractivity contribution in [1.82, 2.24) is 5.32 Å². The normalized spacial score (nSPS) is 19.3. The number of nitrogens with one attached hydrogen (secondary N) is 1. The third-order valence-electron chi connectivity index (χ3n) is 5.82. The molecule has 2 heterocycles. The Labute approximate surface area is 180 Å². The van der Waals surface area contributed by atoms with Gasteiger partial charge in [0.1, 0.15) is 16.9 Å². The van der Waals surface area contributed by atoms with E-state index < -0.39 is 5.60 Å². The summed E-state index contributed by atoms with van der Waals surface area (Å²) < 4.78 is 12.2. The number of carbonyl (C=O) groups excluding carboxylic acids is 2. The van der Waals surface area contributed by atoms with Gasteiger partial charge in [-0.2, -0.15) is 0 Å². The van der Waals surface area contributed by atoms with E-state index in [4.69, 9.17) is 20.8 Å². The zero-order valence-corrected chi connectivity index (χ0v) is 18.2. The molecule has 156 valence electrons. The van der Waals surface area contributed by atoms with E-state index in [1.807, 2.05) is 32.9 Å². The molecule has 1 aliphatic heterocycles. The lowest BCUT2D eigenvalue weighted by Gasteiger charge is -2.35. The second-order valence-corrected chi connectivity index (χ2v) is 8.53. The van der Waals surface area contributed by atoms with Crippen molar-refractivity contribution in [2.75, 3.05) is 0 Å². The first kappa shape index (κ1) is 20.5. The minimum Gasteiger partial charge on any atom is -0.482 e. The summed E-state index contributed by atoms with van der Waals surface area (Å²) in [6, 6.07) is 10.8. The molecule has 2 aromatic carbocycles. The number of benzene rings is 2. The third kappa shape index (κ3) is 3.37. The van der Waals surface area contributed by atoms with Crippen LogP contribution < -0.4 is 10.1 Å². The minimum atomic E-state index is -0.795. The minimum absolute atomic E-state index is 0.0316. The Morgan fingerprint density at radius 2 is 1.93 bits per heavy atom. The van der Waals surface area contributed by atoms with Crippen molar-refractivity contribution < 1.29 is 18.7 Å². The van der Waals surface area contributed by atoms with E-state index in [0.29, 0.717) is 32.9 Å². The summed E-state index contributed by atoms with van der Waals surface area (Å²) in [5.41, 5.74) is 1.71. The zero-order chi connectivity index (χ0) is 21.6. The van der Waals surface area contributed by atoms with Gasteiger partial charge in [-0.1, -0.05) is 30.7 Å². The molecule has 0 aliphatic carbocycles. The lowest BCUT2D eigenvalue weighted by atomic mass is 9.84. The van der Waals surface area contributed by atoms with Crippen LogP contribution in [0.5, 0.6) is 5.75 Å². The number of ether oxygens (including phenoxy) is 1. The summed E-state index contributed by atoms with van der Waals surface area (Å²) in [6.45, 7) is 7.64. The van der Waals surface area contributed by atoms with Gasteiger partial charge in [0, 0.05) is 22.0 Å². The molecular formula is C24H24ClNO4. The highest BCUT2D eigenvalue weighted by Crippen LogP contribution is 2.44. The molecule has 0 radical (unpaired) electrons. The number of hydrogen-bond acceptors (Lipinski definition) is 4. The van der Waals surface area contributed by atoms with Crippen molar-refractivity contribution in [2.24, 2.45) is 0 Å². The Morgan fingerprint density at radius 1 is 1.23 bits per heavy atom. The zero-order valence-electron chi connectivity index (χ0n) is 17.5. The molecule has 30 heavy (non-hydrogen) atoms. The van der Waals surface area contributed by atoms with E-state index in [9.17, 15) is 9.59 Å². The van der Waals surface area contributed by atoms with Crippen molar-refractivity contribution in [3.8, 4) is 5.75 Å². The number of rotatable bonds is 4. The fraction of sp³-hybridized carbons (Fsp3) is 0.333. The van der Waals surface area contributed by atoms with Gasteiger partial charge in [-0.05, 0) is 57.0 Å². The Morgan fingerprint density at radius 3 is 2.60 bits per heavy atom.